The minimum absolute atomic E-state index is 0.0890. The zero-order chi connectivity index (χ0) is 69.5. The molecule has 5 N–H and O–H groups in total. The normalized spacial score (nSPS) is 10.8. The van der Waals surface area contributed by atoms with E-state index in [4.69, 9.17) is 11.6 Å². The van der Waals surface area contributed by atoms with Crippen molar-refractivity contribution < 1.29 is 24.3 Å². The van der Waals surface area contributed by atoms with Gasteiger partial charge in [0.15, 0.2) is 0 Å². The fourth-order valence-electron chi connectivity index (χ4n) is 10.3. The molecule has 11 nitrogen and oxygen atoms in total. The van der Waals surface area contributed by atoms with Crippen LogP contribution in [0.25, 0.3) is 41.8 Å². The van der Waals surface area contributed by atoms with Gasteiger partial charge in [0.05, 0.1) is 31.4 Å². The molecule has 0 aliphatic carbocycles. The van der Waals surface area contributed by atoms with Gasteiger partial charge in [-0.15, -0.1) is 45.3 Å². The summed E-state index contributed by atoms with van der Waals surface area (Å²) in [6.45, 7) is 17.8. The Labute approximate surface area is 596 Å². The highest BCUT2D eigenvalue weighted by Crippen LogP contribution is 2.34. The Morgan fingerprint density at radius 3 is 0.908 bits per heavy atom. The summed E-state index contributed by atoms with van der Waals surface area (Å²) in [5, 5.41) is 21.4. The molecule has 0 radical (unpaired) electrons. The molecule has 0 unspecified atom stereocenters. The predicted molar refractivity (Wildman–Crippen MR) is 413 cm³/mol. The number of carbonyl (C=O) groups is 4. The van der Waals surface area contributed by atoms with Gasteiger partial charge in [-0.05, 0) is 215 Å². The summed E-state index contributed by atoms with van der Waals surface area (Å²) in [6, 6.07) is 70.5. The number of aromatic nitrogens is 2. The molecule has 6 heterocycles. The first-order chi connectivity index (χ1) is 47.2. The van der Waals surface area contributed by atoms with E-state index in [1.54, 1.807) is 91.5 Å². The summed E-state index contributed by atoms with van der Waals surface area (Å²) in [5.41, 5.74) is 12.8. The Kier molecular flexibility index (Phi) is 26.8. The first kappa shape index (κ1) is 72.7. The van der Waals surface area contributed by atoms with Crippen LogP contribution >= 0.6 is 56.9 Å². The fourth-order valence-corrected chi connectivity index (χ4v) is 14.0. The summed E-state index contributed by atoms with van der Waals surface area (Å²) < 4.78 is 0. The number of benzene rings is 6. The molecule has 12 aromatic rings. The molecule has 4 amide bonds. The van der Waals surface area contributed by atoms with Gasteiger partial charge in [0, 0.05) is 60.2 Å². The Balaban J connectivity index is 0.000000153. The van der Waals surface area contributed by atoms with Gasteiger partial charge in [-0.1, -0.05) is 164 Å². The van der Waals surface area contributed by atoms with E-state index in [9.17, 15) is 24.3 Å². The third kappa shape index (κ3) is 22.8. The quantitative estimate of drug-likeness (QED) is 0.0475. The third-order valence-corrected chi connectivity index (χ3v) is 19.7. The van der Waals surface area contributed by atoms with Crippen LogP contribution in [-0.4, -0.2) is 38.7 Å². The molecule has 98 heavy (non-hydrogen) atoms. The minimum Gasteiger partial charge on any atom is -0.508 e. The van der Waals surface area contributed by atoms with Crippen LogP contribution in [0.4, 0.5) is 22.7 Å². The first-order valence-electron chi connectivity index (χ1n) is 32.6. The standard InChI is InChI=1S/C21H20ClNOS.C21H21NO2S.2C20H20N2OS/c1-14(2)13-15-3-5-16(6-4-15)19-11-12-20(25-19)21(24)23-18-9-7-17(22)8-10-18;1-14(2)13-15-3-5-16(6-4-15)19-11-12-20(25-19)21(24)22-17-7-9-18(23)10-8-17;1-14(2)13-15-3-5-16(6-4-15)18-7-8-19(24-18)20(23)22-17-9-11-21-12-10-17;1-14(2)12-15-5-7-16(8-6-15)18-9-10-19(24-18)20(23)22-17-4-3-11-21-13-17/h3-12,14H,13H2,1-2H3,(H,23,24);3-12,14,23H,13H2,1-2H3,(H,22,24);3-12,14H,13H2,1-2H3,(H,21,22,23);3-11,13-14H,12H2,1-2H3,(H,22,23). The number of rotatable bonds is 20. The average Bonchev–Trinajstić information content (AvgIpc) is 1.80. The summed E-state index contributed by atoms with van der Waals surface area (Å²) in [6.07, 6.45) is 11.0. The number of phenols is 1. The molecule has 6 aromatic carbocycles. The molecular formula is C82H81ClN6O5S4. The summed E-state index contributed by atoms with van der Waals surface area (Å²) in [7, 11) is 0. The van der Waals surface area contributed by atoms with Crippen molar-refractivity contribution in [3.63, 3.8) is 0 Å². The van der Waals surface area contributed by atoms with Crippen LogP contribution in [0, 0.1) is 23.7 Å². The maximum atomic E-state index is 12.4. The van der Waals surface area contributed by atoms with E-state index in [2.05, 4.69) is 184 Å². The van der Waals surface area contributed by atoms with Gasteiger partial charge in [-0.2, -0.15) is 0 Å². The van der Waals surface area contributed by atoms with Crippen molar-refractivity contribution in [2.45, 2.75) is 81.1 Å². The second-order valence-electron chi connectivity index (χ2n) is 25.2. The van der Waals surface area contributed by atoms with E-state index in [1.807, 2.05) is 54.6 Å². The zero-order valence-corrected chi connectivity index (χ0v) is 60.2. The lowest BCUT2D eigenvalue weighted by Gasteiger charge is -2.05. The van der Waals surface area contributed by atoms with Crippen LogP contribution in [-0.2, 0) is 25.7 Å². The summed E-state index contributed by atoms with van der Waals surface area (Å²) >= 11 is 11.8. The largest absolute Gasteiger partial charge is 0.508 e. The summed E-state index contributed by atoms with van der Waals surface area (Å²) in [5.74, 6) is 2.34. The van der Waals surface area contributed by atoms with Crippen molar-refractivity contribution in [1.29, 1.82) is 0 Å². The van der Waals surface area contributed by atoms with Gasteiger partial charge in [-0.3, -0.25) is 29.1 Å². The van der Waals surface area contributed by atoms with Gasteiger partial charge < -0.3 is 26.4 Å². The number of anilines is 4. The maximum absolute atomic E-state index is 12.4. The fraction of sp³-hybridized carbons (Fsp3) is 0.195. The van der Waals surface area contributed by atoms with Crippen LogP contribution in [0.5, 0.6) is 5.75 Å². The van der Waals surface area contributed by atoms with E-state index >= 15 is 0 Å². The lowest BCUT2D eigenvalue weighted by atomic mass is 10.0. The number of hydrogen-bond acceptors (Lipinski definition) is 11. The van der Waals surface area contributed by atoms with Crippen LogP contribution in [0.1, 0.15) is 116 Å². The number of hydrogen-bond donors (Lipinski definition) is 5. The molecule has 16 heteroatoms. The molecule has 0 saturated carbocycles. The second-order valence-corrected chi connectivity index (χ2v) is 30.0. The predicted octanol–water partition coefficient (Wildman–Crippen LogP) is 22.6. The minimum atomic E-state index is -0.140. The second kappa shape index (κ2) is 36.1. The maximum Gasteiger partial charge on any atom is 0.265 e. The number of nitrogens with zero attached hydrogens (tertiary/aromatic N) is 2. The topological polar surface area (TPSA) is 162 Å². The highest BCUT2D eigenvalue weighted by Gasteiger charge is 2.16. The Hall–Kier alpha value is -9.61. The summed E-state index contributed by atoms with van der Waals surface area (Å²) in [4.78, 5) is 64.4. The van der Waals surface area contributed by atoms with Crippen LogP contribution in [0.2, 0.25) is 5.02 Å². The van der Waals surface area contributed by atoms with Crippen molar-refractivity contribution in [1.82, 2.24) is 9.97 Å². The first-order valence-corrected chi connectivity index (χ1v) is 36.3. The van der Waals surface area contributed by atoms with E-state index in [0.29, 0.717) is 59.6 Å². The molecule has 0 fully saturated rings. The number of halogens is 1. The number of aromatic hydroxyl groups is 1. The number of pyridine rings is 2. The van der Waals surface area contributed by atoms with Crippen molar-refractivity contribution in [3.05, 3.63) is 290 Å². The Morgan fingerprint density at radius 1 is 0.337 bits per heavy atom. The van der Waals surface area contributed by atoms with Gasteiger partial charge in [0.1, 0.15) is 5.75 Å². The van der Waals surface area contributed by atoms with Gasteiger partial charge in [0.25, 0.3) is 23.6 Å². The zero-order valence-electron chi connectivity index (χ0n) is 56.2. The molecule has 0 bridgehead atoms. The van der Waals surface area contributed by atoms with Crippen molar-refractivity contribution in [3.8, 4) is 47.5 Å². The lowest BCUT2D eigenvalue weighted by Crippen LogP contribution is -2.09. The Morgan fingerprint density at radius 2 is 0.622 bits per heavy atom. The SMILES string of the molecule is CC(C)Cc1ccc(-c2ccc(C(=O)Nc3ccc(Cl)cc3)s2)cc1.CC(C)Cc1ccc(-c2ccc(C(=O)Nc3ccc(O)cc3)s2)cc1.CC(C)Cc1ccc(-c2ccc(C(=O)Nc3cccnc3)s2)cc1.CC(C)Cc1ccc(-c2ccc(C(=O)Nc3ccncc3)s2)cc1. The number of phenolic OH excluding ortho intramolecular Hbond substituents is 1. The highest BCUT2D eigenvalue weighted by atomic mass is 35.5. The smallest absolute Gasteiger partial charge is 0.265 e. The molecule has 0 saturated heterocycles. The van der Waals surface area contributed by atoms with Crippen molar-refractivity contribution in [2.24, 2.45) is 23.7 Å². The lowest BCUT2D eigenvalue weighted by molar-refractivity contribution is 0.102. The molecule has 6 aromatic heterocycles. The third-order valence-electron chi connectivity index (χ3n) is 14.9. The molecular weight excluding hydrogens is 1310 g/mol. The van der Waals surface area contributed by atoms with Crippen molar-refractivity contribution in [2.75, 3.05) is 21.3 Å². The molecule has 0 spiro atoms. The van der Waals surface area contributed by atoms with Crippen LogP contribution in [0.3, 0.4) is 0 Å². The number of amides is 4. The van der Waals surface area contributed by atoms with E-state index in [-0.39, 0.29) is 29.4 Å². The van der Waals surface area contributed by atoms with Crippen LogP contribution < -0.4 is 21.3 Å². The monoisotopic (exact) mass is 1390 g/mol. The van der Waals surface area contributed by atoms with Gasteiger partial charge >= 0.3 is 0 Å². The Bertz CT molecular complexity index is 4180. The molecule has 0 atom stereocenters. The number of thiophene rings is 4. The molecule has 0 aliphatic rings. The van der Waals surface area contributed by atoms with Crippen molar-refractivity contribution >= 4 is 103 Å². The average molecular weight is 1390 g/mol. The molecule has 12 rings (SSSR count). The molecule has 500 valence electrons. The number of carbonyl (C=O) groups excluding carboxylic acids is 4. The van der Waals surface area contributed by atoms with E-state index in [0.717, 1.165) is 78.8 Å². The number of nitrogens with one attached hydrogen (secondary N) is 4. The van der Waals surface area contributed by atoms with Gasteiger partial charge in [-0.25, -0.2) is 0 Å². The molecule has 0 aliphatic heterocycles. The van der Waals surface area contributed by atoms with E-state index < -0.39 is 0 Å². The van der Waals surface area contributed by atoms with Crippen LogP contribution in [0.15, 0.2) is 243 Å². The van der Waals surface area contributed by atoms with E-state index in [1.165, 1.54) is 67.6 Å². The highest BCUT2D eigenvalue weighted by molar-refractivity contribution is 7.18. The van der Waals surface area contributed by atoms with Gasteiger partial charge in [0.2, 0.25) is 0 Å².